The zero-order valence-electron chi connectivity index (χ0n) is 12.1. The lowest BCUT2D eigenvalue weighted by molar-refractivity contribution is 0.173. The number of sulfonamides is 1. The Labute approximate surface area is 121 Å². The molecule has 2 rings (SSSR count). The van der Waals surface area contributed by atoms with E-state index in [0.29, 0.717) is 31.0 Å². The van der Waals surface area contributed by atoms with Crippen molar-refractivity contribution in [2.45, 2.75) is 44.1 Å². The molecule has 1 saturated heterocycles. The summed E-state index contributed by atoms with van der Waals surface area (Å²) < 4.78 is 26.8. The maximum atomic E-state index is 12.6. The van der Waals surface area contributed by atoms with Crippen molar-refractivity contribution in [2.24, 2.45) is 5.92 Å². The first-order valence-electron chi connectivity index (χ1n) is 7.23. The molecule has 1 aromatic carbocycles. The molecule has 20 heavy (non-hydrogen) atoms. The molecule has 0 aliphatic carbocycles. The van der Waals surface area contributed by atoms with Crippen molar-refractivity contribution < 1.29 is 13.5 Å². The van der Waals surface area contributed by atoms with Crippen molar-refractivity contribution in [1.82, 2.24) is 4.31 Å². The molecule has 112 valence electrons. The van der Waals surface area contributed by atoms with Gasteiger partial charge < -0.3 is 5.11 Å². The van der Waals surface area contributed by atoms with Crippen LogP contribution in [0.2, 0.25) is 0 Å². The summed E-state index contributed by atoms with van der Waals surface area (Å²) >= 11 is 0. The van der Waals surface area contributed by atoms with Gasteiger partial charge in [-0.05, 0) is 42.9 Å². The molecule has 0 amide bonds. The number of nitrogens with zero attached hydrogens (tertiary/aromatic N) is 1. The van der Waals surface area contributed by atoms with E-state index in [9.17, 15) is 13.5 Å². The molecule has 0 spiro atoms. The van der Waals surface area contributed by atoms with Gasteiger partial charge in [0.05, 0.1) is 11.0 Å². The van der Waals surface area contributed by atoms with E-state index in [1.807, 2.05) is 6.92 Å². The van der Waals surface area contributed by atoms with Gasteiger partial charge >= 0.3 is 0 Å². The largest absolute Gasteiger partial charge is 0.388 e. The Hall–Kier alpha value is -0.910. The number of piperidine rings is 1. The molecule has 5 heteroatoms. The minimum Gasteiger partial charge on any atom is -0.388 e. The van der Waals surface area contributed by atoms with Gasteiger partial charge in [-0.1, -0.05) is 26.0 Å². The van der Waals surface area contributed by atoms with E-state index in [4.69, 9.17) is 0 Å². The number of hydrogen-bond acceptors (Lipinski definition) is 3. The molecule has 4 nitrogen and oxygen atoms in total. The second kappa shape index (κ2) is 6.24. The lowest BCUT2D eigenvalue weighted by Crippen LogP contribution is -2.37. The minimum absolute atomic E-state index is 0.289. The number of aliphatic hydroxyl groups excluding tert-OH is 1. The summed E-state index contributed by atoms with van der Waals surface area (Å²) in [6.07, 6.45) is 1.80. The van der Waals surface area contributed by atoms with Gasteiger partial charge in [-0.25, -0.2) is 8.42 Å². The normalized spacial score (nSPS) is 19.9. The molecule has 1 aliphatic heterocycles. The predicted molar refractivity (Wildman–Crippen MR) is 78.8 cm³/mol. The van der Waals surface area contributed by atoms with Crippen LogP contribution in [-0.2, 0) is 10.0 Å². The molecule has 1 heterocycles. The van der Waals surface area contributed by atoms with Crippen LogP contribution in [0.4, 0.5) is 0 Å². The fourth-order valence-corrected chi connectivity index (χ4v) is 4.02. The Kier molecular flexibility index (Phi) is 4.83. The van der Waals surface area contributed by atoms with Crippen LogP contribution in [0.15, 0.2) is 29.2 Å². The Balaban J connectivity index is 2.25. The lowest BCUT2D eigenvalue weighted by Gasteiger charge is -2.29. The Bertz CT molecular complexity index is 548. The van der Waals surface area contributed by atoms with E-state index >= 15 is 0 Å². The van der Waals surface area contributed by atoms with Gasteiger partial charge in [-0.2, -0.15) is 4.31 Å². The van der Waals surface area contributed by atoms with Crippen molar-refractivity contribution in [1.29, 1.82) is 0 Å². The molecular weight excluding hydrogens is 274 g/mol. The highest BCUT2D eigenvalue weighted by Crippen LogP contribution is 2.25. The first-order chi connectivity index (χ1) is 9.45. The Morgan fingerprint density at radius 1 is 1.35 bits per heavy atom. The molecule has 0 bridgehead atoms. The summed E-state index contributed by atoms with van der Waals surface area (Å²) in [5.74, 6) is 0.592. The smallest absolute Gasteiger partial charge is 0.243 e. The van der Waals surface area contributed by atoms with Crippen molar-refractivity contribution >= 4 is 10.0 Å². The lowest BCUT2D eigenvalue weighted by atomic mass is 10.0. The minimum atomic E-state index is -3.43. The number of rotatable bonds is 4. The van der Waals surface area contributed by atoms with Crippen LogP contribution in [0, 0.1) is 5.92 Å². The van der Waals surface area contributed by atoms with Gasteiger partial charge in [0.15, 0.2) is 0 Å². The van der Waals surface area contributed by atoms with E-state index in [1.165, 1.54) is 0 Å². The van der Waals surface area contributed by atoms with Gasteiger partial charge in [0.1, 0.15) is 0 Å². The van der Waals surface area contributed by atoms with Gasteiger partial charge in [-0.3, -0.25) is 0 Å². The van der Waals surface area contributed by atoms with Gasteiger partial charge in [0, 0.05) is 13.1 Å². The second-order valence-corrected chi connectivity index (χ2v) is 7.52. The highest BCUT2D eigenvalue weighted by Gasteiger charge is 2.28. The van der Waals surface area contributed by atoms with Crippen LogP contribution >= 0.6 is 0 Å². The topological polar surface area (TPSA) is 57.6 Å². The van der Waals surface area contributed by atoms with Crippen LogP contribution in [0.25, 0.3) is 0 Å². The Morgan fingerprint density at radius 3 is 2.60 bits per heavy atom. The third kappa shape index (κ3) is 3.22. The average molecular weight is 297 g/mol. The SMILES string of the molecule is CCC(O)c1cccc(S(=O)(=O)N2CCC(C)CC2)c1. The van der Waals surface area contributed by atoms with E-state index in [-0.39, 0.29) is 4.90 Å². The maximum Gasteiger partial charge on any atom is 0.243 e. The molecule has 1 N–H and O–H groups in total. The van der Waals surface area contributed by atoms with Crippen molar-refractivity contribution in [3.05, 3.63) is 29.8 Å². The number of hydrogen-bond donors (Lipinski definition) is 1. The fraction of sp³-hybridized carbons (Fsp3) is 0.600. The fourth-order valence-electron chi connectivity index (χ4n) is 2.49. The quantitative estimate of drug-likeness (QED) is 0.929. The first-order valence-corrected chi connectivity index (χ1v) is 8.67. The standard InChI is InChI=1S/C15H23NO3S/c1-3-15(17)13-5-4-6-14(11-13)20(18,19)16-9-7-12(2)8-10-16/h4-6,11-12,15,17H,3,7-10H2,1-2H3. The van der Waals surface area contributed by atoms with Crippen molar-refractivity contribution in [2.75, 3.05) is 13.1 Å². The second-order valence-electron chi connectivity index (χ2n) is 5.58. The molecule has 0 radical (unpaired) electrons. The van der Waals surface area contributed by atoms with Crippen LogP contribution < -0.4 is 0 Å². The average Bonchev–Trinajstić information content (AvgIpc) is 2.47. The molecule has 1 atom stereocenters. The van der Waals surface area contributed by atoms with Gasteiger partial charge in [-0.15, -0.1) is 0 Å². The van der Waals surface area contributed by atoms with E-state index in [1.54, 1.807) is 28.6 Å². The van der Waals surface area contributed by atoms with Gasteiger partial charge in [0.2, 0.25) is 10.0 Å². The van der Waals surface area contributed by atoms with Gasteiger partial charge in [0.25, 0.3) is 0 Å². The molecular formula is C15H23NO3S. The summed E-state index contributed by atoms with van der Waals surface area (Å²) in [5, 5.41) is 9.86. The highest BCUT2D eigenvalue weighted by molar-refractivity contribution is 7.89. The third-order valence-corrected chi connectivity index (χ3v) is 5.90. The zero-order chi connectivity index (χ0) is 14.8. The monoisotopic (exact) mass is 297 g/mol. The van der Waals surface area contributed by atoms with E-state index in [0.717, 1.165) is 12.8 Å². The summed E-state index contributed by atoms with van der Waals surface area (Å²) in [7, 11) is -3.43. The molecule has 0 aromatic heterocycles. The number of aliphatic hydroxyl groups is 1. The zero-order valence-corrected chi connectivity index (χ0v) is 12.9. The highest BCUT2D eigenvalue weighted by atomic mass is 32.2. The Morgan fingerprint density at radius 2 is 2.00 bits per heavy atom. The summed E-state index contributed by atoms with van der Waals surface area (Å²) in [6.45, 7) is 5.20. The van der Waals surface area contributed by atoms with Crippen LogP contribution in [0.5, 0.6) is 0 Å². The molecule has 1 unspecified atom stereocenters. The summed E-state index contributed by atoms with van der Waals surface area (Å²) in [5.41, 5.74) is 0.666. The van der Waals surface area contributed by atoms with Crippen LogP contribution in [-0.4, -0.2) is 30.9 Å². The molecule has 1 aromatic rings. The van der Waals surface area contributed by atoms with Crippen LogP contribution in [0.3, 0.4) is 0 Å². The molecule has 1 fully saturated rings. The molecule has 1 aliphatic rings. The first kappa shape index (κ1) is 15.5. The maximum absolute atomic E-state index is 12.6. The third-order valence-electron chi connectivity index (χ3n) is 4.01. The molecule has 0 saturated carbocycles. The van der Waals surface area contributed by atoms with E-state index < -0.39 is 16.1 Å². The van der Waals surface area contributed by atoms with E-state index in [2.05, 4.69) is 6.92 Å². The van der Waals surface area contributed by atoms with Crippen molar-refractivity contribution in [3.8, 4) is 0 Å². The van der Waals surface area contributed by atoms with Crippen molar-refractivity contribution in [3.63, 3.8) is 0 Å². The summed E-state index contributed by atoms with van der Waals surface area (Å²) in [4.78, 5) is 0.289. The number of benzene rings is 1. The predicted octanol–water partition coefficient (Wildman–Crippen LogP) is 2.55. The summed E-state index contributed by atoms with van der Waals surface area (Å²) in [6, 6.07) is 6.68. The van der Waals surface area contributed by atoms with Crippen LogP contribution in [0.1, 0.15) is 44.8 Å².